The zero-order valence-corrected chi connectivity index (χ0v) is 9.85. The molecule has 6 heteroatoms. The van der Waals surface area contributed by atoms with Crippen LogP contribution in [0.2, 0.25) is 0 Å². The van der Waals surface area contributed by atoms with Crippen LogP contribution in [0.25, 0.3) is 0 Å². The van der Waals surface area contributed by atoms with E-state index in [1.165, 1.54) is 0 Å². The van der Waals surface area contributed by atoms with E-state index in [2.05, 4.69) is 5.32 Å². The predicted octanol–water partition coefficient (Wildman–Crippen LogP) is -1.24. The molecule has 0 aromatic rings. The molecule has 1 amide bonds. The molecule has 0 spiro atoms. The average molecular weight is 244 g/mol. The second-order valence-corrected chi connectivity index (χ2v) is 4.80. The fraction of sp³-hybridized carbons (Fsp3) is 0.909. The van der Waals surface area contributed by atoms with Crippen molar-refractivity contribution in [3.63, 3.8) is 0 Å². The van der Waals surface area contributed by atoms with Crippen molar-refractivity contribution in [1.29, 1.82) is 0 Å². The molecule has 0 aliphatic carbocycles. The van der Waals surface area contributed by atoms with Gasteiger partial charge in [0.05, 0.1) is 12.7 Å². The lowest BCUT2D eigenvalue weighted by atomic mass is 10.0. The molecule has 2 rings (SSSR count). The third-order valence-corrected chi connectivity index (χ3v) is 3.34. The number of nitrogens with one attached hydrogen (secondary N) is 1. The Kier molecular flexibility index (Phi) is 3.98. The summed E-state index contributed by atoms with van der Waals surface area (Å²) in [5, 5.41) is 12.7. The van der Waals surface area contributed by atoms with E-state index in [-0.39, 0.29) is 25.2 Å². The second kappa shape index (κ2) is 5.30. The average Bonchev–Trinajstić information content (AvgIpc) is 2.95. The Labute approximate surface area is 100 Å². The third-order valence-electron chi connectivity index (χ3n) is 3.34. The van der Waals surface area contributed by atoms with Gasteiger partial charge in [0.2, 0.25) is 5.91 Å². The first kappa shape index (κ1) is 12.8. The van der Waals surface area contributed by atoms with Gasteiger partial charge in [0, 0.05) is 26.1 Å². The van der Waals surface area contributed by atoms with E-state index >= 15 is 0 Å². The highest BCUT2D eigenvalue weighted by molar-refractivity contribution is 5.81. The standard InChI is InChI=1S/C11H20N2O4/c12-5-8-1-2-9(17-8)10(14)13-6-11(15)3-4-16-7-11/h8-9,15H,1-7,12H2,(H,13,14). The maximum atomic E-state index is 11.8. The summed E-state index contributed by atoms with van der Waals surface area (Å²) in [6.07, 6.45) is 1.65. The highest BCUT2D eigenvalue weighted by Crippen LogP contribution is 2.20. The first-order valence-corrected chi connectivity index (χ1v) is 6.06. The molecular formula is C11H20N2O4. The molecule has 2 aliphatic heterocycles. The lowest BCUT2D eigenvalue weighted by Gasteiger charge is -2.22. The number of hydrogen-bond donors (Lipinski definition) is 3. The Morgan fingerprint density at radius 3 is 2.94 bits per heavy atom. The van der Waals surface area contributed by atoms with Crippen LogP contribution in [-0.4, -0.2) is 55.1 Å². The molecule has 6 nitrogen and oxygen atoms in total. The van der Waals surface area contributed by atoms with Crippen LogP contribution in [0, 0.1) is 0 Å². The summed E-state index contributed by atoms with van der Waals surface area (Å²) >= 11 is 0. The van der Waals surface area contributed by atoms with Crippen LogP contribution in [0.4, 0.5) is 0 Å². The zero-order chi connectivity index (χ0) is 12.3. The molecule has 0 aromatic carbocycles. The Balaban J connectivity index is 1.74. The van der Waals surface area contributed by atoms with E-state index in [4.69, 9.17) is 15.2 Å². The summed E-state index contributed by atoms with van der Waals surface area (Å²) in [5.74, 6) is -0.165. The number of carbonyl (C=O) groups is 1. The van der Waals surface area contributed by atoms with E-state index in [1.54, 1.807) is 0 Å². The molecule has 2 aliphatic rings. The number of aliphatic hydroxyl groups is 1. The van der Waals surface area contributed by atoms with Crippen LogP contribution in [-0.2, 0) is 14.3 Å². The van der Waals surface area contributed by atoms with Gasteiger partial charge < -0.3 is 25.6 Å². The molecule has 98 valence electrons. The van der Waals surface area contributed by atoms with Gasteiger partial charge in [-0.1, -0.05) is 0 Å². The summed E-state index contributed by atoms with van der Waals surface area (Å²) in [5.41, 5.74) is 4.56. The fourth-order valence-electron chi connectivity index (χ4n) is 2.17. The maximum Gasteiger partial charge on any atom is 0.249 e. The molecule has 17 heavy (non-hydrogen) atoms. The minimum absolute atomic E-state index is 0.0105. The van der Waals surface area contributed by atoms with E-state index < -0.39 is 11.7 Å². The minimum Gasteiger partial charge on any atom is -0.386 e. The first-order chi connectivity index (χ1) is 8.13. The number of ether oxygens (including phenoxy) is 2. The number of nitrogens with two attached hydrogens (primary N) is 1. The summed E-state index contributed by atoms with van der Waals surface area (Å²) in [4.78, 5) is 11.8. The van der Waals surface area contributed by atoms with E-state index in [1.807, 2.05) is 0 Å². The molecule has 0 bridgehead atoms. The number of amides is 1. The van der Waals surface area contributed by atoms with Crippen molar-refractivity contribution >= 4 is 5.91 Å². The Morgan fingerprint density at radius 1 is 1.53 bits per heavy atom. The Bertz CT molecular complexity index is 279. The SMILES string of the molecule is NCC1CCC(C(=O)NCC2(O)CCOC2)O1. The van der Waals surface area contributed by atoms with Crippen molar-refractivity contribution in [3.8, 4) is 0 Å². The highest BCUT2D eigenvalue weighted by atomic mass is 16.5. The summed E-state index contributed by atoms with van der Waals surface area (Å²) in [7, 11) is 0. The van der Waals surface area contributed by atoms with Gasteiger partial charge in [0.15, 0.2) is 0 Å². The second-order valence-electron chi connectivity index (χ2n) is 4.80. The predicted molar refractivity (Wildman–Crippen MR) is 60.3 cm³/mol. The molecule has 2 fully saturated rings. The molecule has 0 aromatic heterocycles. The third kappa shape index (κ3) is 3.16. The van der Waals surface area contributed by atoms with E-state index in [0.717, 1.165) is 6.42 Å². The van der Waals surface area contributed by atoms with Gasteiger partial charge >= 0.3 is 0 Å². The van der Waals surface area contributed by atoms with Gasteiger partial charge in [-0.25, -0.2) is 0 Å². The van der Waals surface area contributed by atoms with E-state index in [9.17, 15) is 9.90 Å². The van der Waals surface area contributed by atoms with Gasteiger partial charge in [-0.05, 0) is 12.8 Å². The van der Waals surface area contributed by atoms with Gasteiger partial charge in [-0.15, -0.1) is 0 Å². The lowest BCUT2D eigenvalue weighted by molar-refractivity contribution is -0.133. The van der Waals surface area contributed by atoms with Crippen LogP contribution in [0.5, 0.6) is 0 Å². The van der Waals surface area contributed by atoms with Crippen LogP contribution in [0.15, 0.2) is 0 Å². The number of rotatable bonds is 4. The van der Waals surface area contributed by atoms with Crippen molar-refractivity contribution < 1.29 is 19.4 Å². The molecule has 0 radical (unpaired) electrons. The molecule has 2 heterocycles. The molecule has 4 N–H and O–H groups in total. The van der Waals surface area contributed by atoms with Crippen molar-refractivity contribution in [2.45, 2.75) is 37.1 Å². The first-order valence-electron chi connectivity index (χ1n) is 6.06. The maximum absolute atomic E-state index is 11.8. The van der Waals surface area contributed by atoms with Crippen molar-refractivity contribution in [2.24, 2.45) is 5.73 Å². The fourth-order valence-corrected chi connectivity index (χ4v) is 2.17. The summed E-state index contributed by atoms with van der Waals surface area (Å²) in [6.45, 7) is 1.49. The molecule has 3 atom stereocenters. The largest absolute Gasteiger partial charge is 0.386 e. The van der Waals surface area contributed by atoms with Crippen LogP contribution < -0.4 is 11.1 Å². The summed E-state index contributed by atoms with van der Waals surface area (Å²) < 4.78 is 10.6. The number of carbonyl (C=O) groups excluding carboxylic acids is 1. The van der Waals surface area contributed by atoms with Crippen LogP contribution in [0.1, 0.15) is 19.3 Å². The molecule has 0 saturated carbocycles. The smallest absolute Gasteiger partial charge is 0.249 e. The zero-order valence-electron chi connectivity index (χ0n) is 9.85. The normalized spacial score (nSPS) is 37.3. The Morgan fingerprint density at radius 2 is 2.35 bits per heavy atom. The summed E-state index contributed by atoms with van der Waals surface area (Å²) in [6, 6.07) is 0. The van der Waals surface area contributed by atoms with Gasteiger partial charge in [-0.2, -0.15) is 0 Å². The van der Waals surface area contributed by atoms with Gasteiger partial charge in [0.25, 0.3) is 0 Å². The number of hydrogen-bond acceptors (Lipinski definition) is 5. The molecule has 2 saturated heterocycles. The van der Waals surface area contributed by atoms with Gasteiger partial charge in [0.1, 0.15) is 11.7 Å². The van der Waals surface area contributed by atoms with E-state index in [0.29, 0.717) is 26.0 Å². The monoisotopic (exact) mass is 244 g/mol. The van der Waals surface area contributed by atoms with Crippen LogP contribution >= 0.6 is 0 Å². The van der Waals surface area contributed by atoms with Crippen molar-refractivity contribution in [1.82, 2.24) is 5.32 Å². The lowest BCUT2D eigenvalue weighted by Crippen LogP contribution is -2.46. The topological polar surface area (TPSA) is 93.8 Å². The molecule has 3 unspecified atom stereocenters. The Hall–Kier alpha value is -0.690. The van der Waals surface area contributed by atoms with Crippen molar-refractivity contribution in [2.75, 3.05) is 26.3 Å². The van der Waals surface area contributed by atoms with Crippen LogP contribution in [0.3, 0.4) is 0 Å². The molecular weight excluding hydrogens is 224 g/mol. The quantitative estimate of drug-likeness (QED) is 0.575. The van der Waals surface area contributed by atoms with Gasteiger partial charge in [-0.3, -0.25) is 4.79 Å². The van der Waals surface area contributed by atoms with Crippen molar-refractivity contribution in [3.05, 3.63) is 0 Å². The highest BCUT2D eigenvalue weighted by Gasteiger charge is 2.35. The minimum atomic E-state index is -0.915.